The van der Waals surface area contributed by atoms with E-state index < -0.39 is 17.6 Å². The molecule has 2 rings (SSSR count). The monoisotopic (exact) mass is 364 g/mol. The van der Waals surface area contributed by atoms with Crippen molar-refractivity contribution in [3.05, 3.63) is 51.9 Å². The summed E-state index contributed by atoms with van der Waals surface area (Å²) in [4.78, 5) is 19.4. The number of hydrazine groups is 1. The third kappa shape index (κ3) is 4.02. The number of rotatable bonds is 3. The van der Waals surface area contributed by atoms with Crippen molar-refractivity contribution in [3.8, 4) is 0 Å². The fourth-order valence-electron chi connectivity index (χ4n) is 1.65. The van der Waals surface area contributed by atoms with E-state index in [1.165, 1.54) is 25.4 Å². The fraction of sp³-hybridized carbons (Fsp3) is 0.154. The largest absolute Gasteiger partial charge is 0.417 e. The van der Waals surface area contributed by atoms with Gasteiger partial charge in [0.2, 0.25) is 0 Å². The van der Waals surface area contributed by atoms with Crippen molar-refractivity contribution in [2.45, 2.75) is 6.18 Å². The highest BCUT2D eigenvalue weighted by Crippen LogP contribution is 2.32. The van der Waals surface area contributed by atoms with Gasteiger partial charge >= 0.3 is 6.18 Å². The minimum absolute atomic E-state index is 0.00937. The summed E-state index contributed by atoms with van der Waals surface area (Å²) >= 11 is 11.6. The molecule has 0 saturated heterocycles. The number of nitrogens with one attached hydrogen (secondary N) is 1. The first-order valence-electron chi connectivity index (χ1n) is 6.08. The molecule has 0 spiro atoms. The Balaban J connectivity index is 2.20. The lowest BCUT2D eigenvalue weighted by Gasteiger charge is -2.21. The Hall–Kier alpha value is -2.06. The molecule has 0 aliphatic rings. The molecule has 122 valence electrons. The summed E-state index contributed by atoms with van der Waals surface area (Å²) < 4.78 is 37.7. The smallest absolute Gasteiger partial charge is 0.270 e. The molecule has 2 heterocycles. The predicted molar refractivity (Wildman–Crippen MR) is 79.4 cm³/mol. The summed E-state index contributed by atoms with van der Waals surface area (Å²) in [6, 6.07) is 3.69. The summed E-state index contributed by atoms with van der Waals surface area (Å²) in [5.74, 6) is -0.656. The Labute approximate surface area is 139 Å². The van der Waals surface area contributed by atoms with Gasteiger partial charge in [-0.1, -0.05) is 23.2 Å². The topological polar surface area (TPSA) is 58.1 Å². The molecule has 0 aromatic carbocycles. The van der Waals surface area contributed by atoms with Crippen LogP contribution in [-0.4, -0.2) is 22.9 Å². The van der Waals surface area contributed by atoms with Gasteiger partial charge in [0, 0.05) is 19.4 Å². The van der Waals surface area contributed by atoms with E-state index in [0.29, 0.717) is 6.20 Å². The highest BCUT2D eigenvalue weighted by atomic mass is 35.5. The normalized spacial score (nSPS) is 11.2. The van der Waals surface area contributed by atoms with Crippen LogP contribution in [0.3, 0.4) is 0 Å². The average Bonchev–Trinajstić information content (AvgIpc) is 2.46. The molecule has 0 radical (unpaired) electrons. The molecular formula is C13H9Cl2F3N4O. The number of halogens is 5. The highest BCUT2D eigenvalue weighted by molar-refractivity contribution is 6.33. The van der Waals surface area contributed by atoms with E-state index in [-0.39, 0.29) is 21.6 Å². The van der Waals surface area contributed by atoms with Crippen molar-refractivity contribution >= 4 is 34.9 Å². The van der Waals surface area contributed by atoms with Crippen molar-refractivity contribution in [2.75, 3.05) is 12.1 Å². The second kappa shape index (κ2) is 6.59. The van der Waals surface area contributed by atoms with E-state index in [0.717, 1.165) is 11.1 Å². The second-order valence-electron chi connectivity index (χ2n) is 4.37. The minimum Gasteiger partial charge on any atom is -0.270 e. The Kier molecular flexibility index (Phi) is 4.96. The number of amides is 1. The van der Waals surface area contributed by atoms with Gasteiger partial charge in [0.15, 0.2) is 5.82 Å². The van der Waals surface area contributed by atoms with Crippen LogP contribution in [0.4, 0.5) is 19.0 Å². The summed E-state index contributed by atoms with van der Waals surface area (Å²) in [7, 11) is 1.38. The van der Waals surface area contributed by atoms with Crippen LogP contribution >= 0.6 is 23.2 Å². The molecule has 0 aliphatic carbocycles. The lowest BCUT2D eigenvalue weighted by molar-refractivity contribution is -0.137. The first-order chi connectivity index (χ1) is 10.7. The van der Waals surface area contributed by atoms with Gasteiger partial charge in [0.05, 0.1) is 16.1 Å². The van der Waals surface area contributed by atoms with Crippen LogP contribution < -0.4 is 10.4 Å². The van der Waals surface area contributed by atoms with E-state index in [4.69, 9.17) is 23.2 Å². The number of hydrogen-bond donors (Lipinski definition) is 1. The highest BCUT2D eigenvalue weighted by Gasteiger charge is 2.32. The molecule has 5 nitrogen and oxygen atoms in total. The maximum atomic E-state index is 12.6. The Morgan fingerprint density at radius 1 is 1.30 bits per heavy atom. The first kappa shape index (κ1) is 17.3. The molecule has 0 saturated carbocycles. The minimum atomic E-state index is -4.56. The van der Waals surface area contributed by atoms with Crippen molar-refractivity contribution in [2.24, 2.45) is 0 Å². The zero-order valence-corrected chi connectivity index (χ0v) is 13.0. The summed E-state index contributed by atoms with van der Waals surface area (Å²) in [5.41, 5.74) is 1.51. The molecule has 23 heavy (non-hydrogen) atoms. The van der Waals surface area contributed by atoms with Gasteiger partial charge < -0.3 is 0 Å². The van der Waals surface area contributed by atoms with Gasteiger partial charge in [-0.15, -0.1) is 0 Å². The number of alkyl halides is 3. The maximum absolute atomic E-state index is 12.6. The summed E-state index contributed by atoms with van der Waals surface area (Å²) in [5, 5.41) is 0.818. The standard InChI is InChI=1S/C13H9Cl2F3N4O/c1-22(21-12(23)8-3-2-4-19-10(8)15)11-9(14)5-7(6-20-11)13(16,17)18/h2-6H,1H3,(H,21,23). The number of carbonyl (C=O) groups excluding carboxylic acids is 1. The van der Waals surface area contributed by atoms with E-state index in [1.807, 2.05) is 0 Å². The fourth-order valence-corrected chi connectivity index (χ4v) is 2.15. The van der Waals surface area contributed by atoms with E-state index in [1.54, 1.807) is 0 Å². The third-order valence-corrected chi connectivity index (χ3v) is 3.32. The van der Waals surface area contributed by atoms with Crippen molar-refractivity contribution in [1.82, 2.24) is 15.4 Å². The Bertz CT molecular complexity index is 739. The van der Waals surface area contributed by atoms with Crippen LogP contribution in [0.25, 0.3) is 0 Å². The molecule has 2 aromatic heterocycles. The van der Waals surface area contributed by atoms with Crippen LogP contribution in [0.5, 0.6) is 0 Å². The van der Waals surface area contributed by atoms with E-state index in [9.17, 15) is 18.0 Å². The van der Waals surface area contributed by atoms with E-state index in [2.05, 4.69) is 15.4 Å². The molecule has 0 atom stereocenters. The third-order valence-electron chi connectivity index (χ3n) is 2.74. The van der Waals surface area contributed by atoms with Gasteiger partial charge in [-0.05, 0) is 18.2 Å². The SMILES string of the molecule is CN(NC(=O)c1cccnc1Cl)c1ncc(C(F)(F)F)cc1Cl. The van der Waals surface area contributed by atoms with Crippen molar-refractivity contribution < 1.29 is 18.0 Å². The van der Waals surface area contributed by atoms with Crippen LogP contribution in [-0.2, 0) is 6.18 Å². The van der Waals surface area contributed by atoms with Gasteiger partial charge in [0.25, 0.3) is 5.91 Å². The average molecular weight is 365 g/mol. The second-order valence-corrected chi connectivity index (χ2v) is 5.13. The van der Waals surface area contributed by atoms with Crippen LogP contribution in [0.1, 0.15) is 15.9 Å². The van der Waals surface area contributed by atoms with Crippen molar-refractivity contribution in [1.29, 1.82) is 0 Å². The van der Waals surface area contributed by atoms with Gasteiger partial charge in [0.1, 0.15) is 5.15 Å². The molecule has 0 fully saturated rings. The number of nitrogens with zero attached hydrogens (tertiary/aromatic N) is 3. The summed E-state index contributed by atoms with van der Waals surface area (Å²) in [6.07, 6.45) is -2.52. The van der Waals surface area contributed by atoms with Gasteiger partial charge in [-0.25, -0.2) is 9.97 Å². The molecule has 0 unspecified atom stereocenters. The number of aromatic nitrogens is 2. The molecular weight excluding hydrogens is 356 g/mol. The maximum Gasteiger partial charge on any atom is 0.417 e. The first-order valence-corrected chi connectivity index (χ1v) is 6.83. The van der Waals surface area contributed by atoms with Crippen LogP contribution in [0.2, 0.25) is 10.2 Å². The lowest BCUT2D eigenvalue weighted by atomic mass is 10.2. The number of carbonyl (C=O) groups is 1. The summed E-state index contributed by atoms with van der Waals surface area (Å²) in [6.45, 7) is 0. The molecule has 0 aliphatic heterocycles. The Morgan fingerprint density at radius 2 is 2.00 bits per heavy atom. The Morgan fingerprint density at radius 3 is 2.57 bits per heavy atom. The molecule has 2 aromatic rings. The quantitative estimate of drug-likeness (QED) is 0.667. The van der Waals surface area contributed by atoms with Gasteiger partial charge in [-0.3, -0.25) is 15.2 Å². The zero-order valence-electron chi connectivity index (χ0n) is 11.5. The van der Waals surface area contributed by atoms with Crippen LogP contribution in [0.15, 0.2) is 30.6 Å². The number of anilines is 1. The number of pyridine rings is 2. The zero-order chi connectivity index (χ0) is 17.2. The number of hydrogen-bond acceptors (Lipinski definition) is 4. The molecule has 10 heteroatoms. The van der Waals surface area contributed by atoms with Crippen LogP contribution in [0, 0.1) is 0 Å². The molecule has 1 amide bonds. The molecule has 1 N–H and O–H groups in total. The van der Waals surface area contributed by atoms with E-state index >= 15 is 0 Å². The van der Waals surface area contributed by atoms with Crippen molar-refractivity contribution in [3.63, 3.8) is 0 Å². The predicted octanol–water partition coefficient (Wildman–Crippen LogP) is 3.58. The molecule has 0 bridgehead atoms. The lowest BCUT2D eigenvalue weighted by Crippen LogP contribution is -2.40. The van der Waals surface area contributed by atoms with Gasteiger partial charge in [-0.2, -0.15) is 13.2 Å².